The van der Waals surface area contributed by atoms with Crippen molar-refractivity contribution in [1.82, 2.24) is 4.98 Å². The van der Waals surface area contributed by atoms with Gasteiger partial charge in [0.05, 0.1) is 0 Å². The number of phenols is 1. The van der Waals surface area contributed by atoms with E-state index in [4.69, 9.17) is 0 Å². The predicted molar refractivity (Wildman–Crippen MR) is 55.3 cm³/mol. The van der Waals surface area contributed by atoms with Gasteiger partial charge in [0.25, 0.3) is 0 Å². The first-order valence-corrected chi connectivity index (χ1v) is 3.82. The predicted octanol–water partition coefficient (Wildman–Crippen LogP) is 1.60. The molecule has 0 saturated heterocycles. The fraction of sp³-hybridized carbons (Fsp3) is 0.100. The van der Waals surface area contributed by atoms with Gasteiger partial charge in [-0.2, -0.15) is 0 Å². The fourth-order valence-corrected chi connectivity index (χ4v) is 1.30. The number of phenolic OH excluding ortho intramolecular Hbond substituents is 1. The van der Waals surface area contributed by atoms with Crippen LogP contribution in [0.1, 0.15) is 5.56 Å². The number of pyridine rings is 1. The van der Waals surface area contributed by atoms with Crippen LogP contribution in [0.4, 0.5) is 0 Å². The van der Waals surface area contributed by atoms with Gasteiger partial charge < -0.3 is 5.11 Å². The van der Waals surface area contributed by atoms with Crippen molar-refractivity contribution >= 4 is 29.8 Å². The molecule has 13 heavy (non-hydrogen) atoms. The zero-order chi connectivity index (χ0) is 8.55. The van der Waals surface area contributed by atoms with Crippen LogP contribution in [0.5, 0.6) is 5.75 Å². The number of benzene rings is 1. The van der Waals surface area contributed by atoms with Crippen molar-refractivity contribution in [3.05, 3.63) is 36.0 Å². The van der Waals surface area contributed by atoms with Crippen LogP contribution >= 0.6 is 0 Å². The van der Waals surface area contributed by atoms with Crippen LogP contribution in [0, 0.1) is 6.92 Å². The molecule has 62 valence electrons. The van der Waals surface area contributed by atoms with Crippen molar-refractivity contribution in [3.63, 3.8) is 0 Å². The summed E-state index contributed by atoms with van der Waals surface area (Å²) in [6.45, 7) is 2.00. The van der Waals surface area contributed by atoms with Crippen molar-refractivity contribution in [3.8, 4) is 5.75 Å². The molecule has 0 amide bonds. The minimum atomic E-state index is 0. The second-order valence-corrected chi connectivity index (χ2v) is 2.80. The zero-order valence-corrected chi connectivity index (χ0v) is 6.78. The quantitative estimate of drug-likeness (QED) is 0.604. The SMILES string of the molecule is Cc1ccc(O)c2ncccc12.[LiH]. The van der Waals surface area contributed by atoms with Gasteiger partial charge in [0.2, 0.25) is 0 Å². The molecule has 2 nitrogen and oxygen atoms in total. The minimum absolute atomic E-state index is 0. The van der Waals surface area contributed by atoms with E-state index in [1.807, 2.05) is 25.1 Å². The molecule has 2 aromatic rings. The molecular formula is C10H10LiNO. The number of aromatic hydroxyl groups is 1. The van der Waals surface area contributed by atoms with E-state index in [1.54, 1.807) is 12.3 Å². The van der Waals surface area contributed by atoms with Crippen LogP contribution in [0.15, 0.2) is 30.5 Å². The number of rotatable bonds is 0. The number of aryl methyl sites for hydroxylation is 1. The summed E-state index contributed by atoms with van der Waals surface area (Å²) in [4.78, 5) is 4.09. The number of nitrogens with zero attached hydrogens (tertiary/aromatic N) is 1. The first-order valence-electron chi connectivity index (χ1n) is 3.82. The van der Waals surface area contributed by atoms with E-state index in [1.165, 1.54) is 0 Å². The second-order valence-electron chi connectivity index (χ2n) is 2.80. The summed E-state index contributed by atoms with van der Waals surface area (Å²) in [6.07, 6.45) is 1.68. The van der Waals surface area contributed by atoms with Gasteiger partial charge in [-0.25, -0.2) is 0 Å². The van der Waals surface area contributed by atoms with Crippen LogP contribution in [0.25, 0.3) is 10.9 Å². The van der Waals surface area contributed by atoms with E-state index in [2.05, 4.69) is 4.98 Å². The van der Waals surface area contributed by atoms with Crippen molar-refractivity contribution in [2.45, 2.75) is 6.92 Å². The summed E-state index contributed by atoms with van der Waals surface area (Å²) in [5.74, 6) is 0.246. The van der Waals surface area contributed by atoms with Crippen LogP contribution in [0.3, 0.4) is 0 Å². The molecule has 1 N–H and O–H groups in total. The summed E-state index contributed by atoms with van der Waals surface area (Å²) in [5, 5.41) is 10.4. The van der Waals surface area contributed by atoms with Crippen LogP contribution in [0.2, 0.25) is 0 Å². The summed E-state index contributed by atoms with van der Waals surface area (Å²) in [6, 6.07) is 7.39. The molecule has 1 heterocycles. The number of aromatic nitrogens is 1. The van der Waals surface area contributed by atoms with E-state index in [9.17, 15) is 5.11 Å². The molecule has 0 aliphatic rings. The Morgan fingerprint density at radius 1 is 1.23 bits per heavy atom. The van der Waals surface area contributed by atoms with E-state index in [0.29, 0.717) is 5.52 Å². The molecule has 0 saturated carbocycles. The Balaban J connectivity index is 0.000000845. The second kappa shape index (κ2) is 3.82. The fourth-order valence-electron chi connectivity index (χ4n) is 1.30. The van der Waals surface area contributed by atoms with Gasteiger partial charge in [-0.1, -0.05) is 12.1 Å². The average molecular weight is 167 g/mol. The number of hydrogen-bond acceptors (Lipinski definition) is 2. The Morgan fingerprint density at radius 3 is 2.69 bits per heavy atom. The molecular weight excluding hydrogens is 157 g/mol. The molecule has 3 heteroatoms. The summed E-state index contributed by atoms with van der Waals surface area (Å²) < 4.78 is 0. The zero-order valence-electron chi connectivity index (χ0n) is 6.78. The monoisotopic (exact) mass is 167 g/mol. The van der Waals surface area contributed by atoms with Crippen LogP contribution in [-0.2, 0) is 0 Å². The van der Waals surface area contributed by atoms with Crippen molar-refractivity contribution < 1.29 is 5.11 Å². The maximum atomic E-state index is 9.43. The van der Waals surface area contributed by atoms with Crippen molar-refractivity contribution in [2.75, 3.05) is 0 Å². The molecule has 0 spiro atoms. The number of hydrogen-bond donors (Lipinski definition) is 1. The third kappa shape index (κ3) is 1.69. The van der Waals surface area contributed by atoms with Crippen molar-refractivity contribution in [2.24, 2.45) is 0 Å². The first kappa shape index (κ1) is 10.1. The van der Waals surface area contributed by atoms with Gasteiger partial charge in [0.15, 0.2) is 0 Å². The molecule has 0 bridgehead atoms. The summed E-state index contributed by atoms with van der Waals surface area (Å²) in [7, 11) is 0. The number of fused-ring (bicyclic) bond motifs is 1. The Hall–Kier alpha value is -0.973. The molecule has 1 aromatic carbocycles. The molecule has 1 aromatic heterocycles. The van der Waals surface area contributed by atoms with Crippen LogP contribution < -0.4 is 0 Å². The topological polar surface area (TPSA) is 33.1 Å². The van der Waals surface area contributed by atoms with E-state index in [-0.39, 0.29) is 24.6 Å². The van der Waals surface area contributed by atoms with E-state index >= 15 is 0 Å². The maximum absolute atomic E-state index is 9.43. The molecule has 0 fully saturated rings. The van der Waals surface area contributed by atoms with Crippen LogP contribution in [-0.4, -0.2) is 29.0 Å². The molecule has 0 aliphatic heterocycles. The standard InChI is InChI=1S/C10H9NO.Li.H/c1-7-4-5-9(12)10-8(7)3-2-6-11-10;;/h2-6,12H,1H3;;. The molecule has 0 aliphatic carbocycles. The van der Waals surface area contributed by atoms with Gasteiger partial charge >= 0.3 is 18.9 Å². The summed E-state index contributed by atoms with van der Waals surface area (Å²) >= 11 is 0. The van der Waals surface area contributed by atoms with Gasteiger partial charge in [0.1, 0.15) is 11.3 Å². The Bertz CT molecular complexity index is 388. The molecule has 0 unspecified atom stereocenters. The Labute approximate surface area is 88.8 Å². The van der Waals surface area contributed by atoms with E-state index in [0.717, 1.165) is 10.9 Å². The first-order chi connectivity index (χ1) is 5.79. The normalized spacial score (nSPS) is 9.62. The van der Waals surface area contributed by atoms with Crippen molar-refractivity contribution in [1.29, 1.82) is 0 Å². The van der Waals surface area contributed by atoms with E-state index < -0.39 is 0 Å². The third-order valence-corrected chi connectivity index (χ3v) is 1.97. The van der Waals surface area contributed by atoms with Gasteiger partial charge in [-0.15, -0.1) is 0 Å². The summed E-state index contributed by atoms with van der Waals surface area (Å²) in [5.41, 5.74) is 1.81. The Kier molecular flexibility index (Phi) is 2.97. The third-order valence-electron chi connectivity index (χ3n) is 1.97. The Morgan fingerprint density at radius 2 is 2.00 bits per heavy atom. The molecule has 2 rings (SSSR count). The molecule has 0 atom stereocenters. The van der Waals surface area contributed by atoms with Gasteiger partial charge in [-0.3, -0.25) is 4.98 Å². The van der Waals surface area contributed by atoms with Gasteiger partial charge in [-0.05, 0) is 24.6 Å². The van der Waals surface area contributed by atoms with Gasteiger partial charge in [0, 0.05) is 11.6 Å². The average Bonchev–Trinajstić information content (AvgIpc) is 2.12. The molecule has 0 radical (unpaired) electrons.